The van der Waals surface area contributed by atoms with Gasteiger partial charge in [-0.15, -0.1) is 0 Å². The van der Waals surface area contributed by atoms with Crippen LogP contribution < -0.4 is 4.57 Å². The fraction of sp³-hybridized carbons (Fsp3) is 0.714. The minimum Gasteiger partial charge on any atom is -0.422 e. The van der Waals surface area contributed by atoms with E-state index >= 15 is 0 Å². The van der Waals surface area contributed by atoms with Crippen molar-refractivity contribution < 1.29 is 14.1 Å². The first kappa shape index (κ1) is 14.7. The zero-order chi connectivity index (χ0) is 13.4. The largest absolute Gasteiger partial charge is 0.422 e. The van der Waals surface area contributed by atoms with Gasteiger partial charge in [0, 0.05) is 13.3 Å². The van der Waals surface area contributed by atoms with Gasteiger partial charge in [0.25, 0.3) is 0 Å². The highest BCUT2D eigenvalue weighted by Gasteiger charge is 2.14. The minimum absolute atomic E-state index is 0.102. The van der Waals surface area contributed by atoms with Crippen molar-refractivity contribution in [1.82, 2.24) is 4.57 Å². The van der Waals surface area contributed by atoms with Gasteiger partial charge in [-0.25, -0.2) is 4.57 Å². The van der Waals surface area contributed by atoms with Crippen LogP contribution >= 0.6 is 0 Å². The van der Waals surface area contributed by atoms with Crippen LogP contribution in [-0.4, -0.2) is 10.5 Å². The van der Waals surface area contributed by atoms with E-state index in [-0.39, 0.29) is 12.2 Å². The standard InChI is InChI=1S/C14H25N2O2/c1-4-5-6-7-8-9-14(17)18-13(2)16-11-10-15(3)12-16/h10-13H,4-9H2,1-3H3/q+1. The Hall–Kier alpha value is -1.32. The van der Waals surface area contributed by atoms with Gasteiger partial charge in [0.2, 0.25) is 12.6 Å². The van der Waals surface area contributed by atoms with E-state index in [1.807, 2.05) is 41.8 Å². The fourth-order valence-electron chi connectivity index (χ4n) is 1.87. The molecule has 0 aliphatic carbocycles. The Morgan fingerprint density at radius 1 is 1.33 bits per heavy atom. The highest BCUT2D eigenvalue weighted by Crippen LogP contribution is 2.10. The third-order valence-electron chi connectivity index (χ3n) is 3.00. The monoisotopic (exact) mass is 253 g/mol. The molecule has 0 aliphatic rings. The average Bonchev–Trinajstić information content (AvgIpc) is 2.75. The number of hydrogen-bond acceptors (Lipinski definition) is 2. The number of rotatable bonds is 8. The summed E-state index contributed by atoms with van der Waals surface area (Å²) in [5, 5.41) is 0. The molecule has 0 fully saturated rings. The molecule has 0 amide bonds. The molecule has 0 N–H and O–H groups in total. The van der Waals surface area contributed by atoms with E-state index in [4.69, 9.17) is 4.74 Å². The van der Waals surface area contributed by atoms with Crippen molar-refractivity contribution in [3.05, 3.63) is 18.7 Å². The molecule has 1 unspecified atom stereocenters. The highest BCUT2D eigenvalue weighted by molar-refractivity contribution is 5.69. The topological polar surface area (TPSA) is 35.1 Å². The van der Waals surface area contributed by atoms with Crippen LogP contribution in [0.2, 0.25) is 0 Å². The minimum atomic E-state index is -0.227. The third-order valence-corrected chi connectivity index (χ3v) is 3.00. The van der Waals surface area contributed by atoms with E-state index in [0.717, 1.165) is 12.8 Å². The third kappa shape index (κ3) is 5.34. The van der Waals surface area contributed by atoms with E-state index < -0.39 is 0 Å². The van der Waals surface area contributed by atoms with E-state index in [2.05, 4.69) is 6.92 Å². The van der Waals surface area contributed by atoms with Gasteiger partial charge in [-0.1, -0.05) is 32.6 Å². The Kier molecular flexibility index (Phi) is 6.47. The summed E-state index contributed by atoms with van der Waals surface area (Å²) in [7, 11) is 1.94. The van der Waals surface area contributed by atoms with Gasteiger partial charge in [-0.05, 0) is 6.42 Å². The molecule has 1 aromatic rings. The second kappa shape index (κ2) is 7.90. The summed E-state index contributed by atoms with van der Waals surface area (Å²) in [5.41, 5.74) is 0. The summed E-state index contributed by atoms with van der Waals surface area (Å²) in [5.74, 6) is -0.102. The molecule has 0 spiro atoms. The SMILES string of the molecule is CCCCCCCC(=O)OC(C)n1cc[n+](C)c1. The molecule has 0 saturated heterocycles. The van der Waals surface area contributed by atoms with Crippen molar-refractivity contribution in [2.24, 2.45) is 7.05 Å². The van der Waals surface area contributed by atoms with Crippen molar-refractivity contribution in [3.63, 3.8) is 0 Å². The normalized spacial score (nSPS) is 12.4. The maximum Gasteiger partial charge on any atom is 0.309 e. The Labute approximate surface area is 110 Å². The van der Waals surface area contributed by atoms with Crippen LogP contribution in [0, 0.1) is 0 Å². The zero-order valence-electron chi connectivity index (χ0n) is 11.8. The second-order valence-electron chi connectivity index (χ2n) is 4.78. The molecule has 102 valence electrons. The van der Waals surface area contributed by atoms with Crippen molar-refractivity contribution in [3.8, 4) is 0 Å². The summed E-state index contributed by atoms with van der Waals surface area (Å²) in [6.07, 6.45) is 11.8. The van der Waals surface area contributed by atoms with Crippen molar-refractivity contribution in [2.45, 2.75) is 58.6 Å². The van der Waals surface area contributed by atoms with Gasteiger partial charge in [0.1, 0.15) is 12.4 Å². The first-order valence-electron chi connectivity index (χ1n) is 6.85. The molecular weight excluding hydrogens is 228 g/mol. The number of carbonyl (C=O) groups is 1. The lowest BCUT2D eigenvalue weighted by Gasteiger charge is -2.09. The van der Waals surface area contributed by atoms with Crippen molar-refractivity contribution in [1.29, 1.82) is 0 Å². The molecule has 1 rings (SSSR count). The molecule has 18 heavy (non-hydrogen) atoms. The lowest BCUT2D eigenvalue weighted by molar-refractivity contribution is -0.671. The van der Waals surface area contributed by atoms with Gasteiger partial charge in [-0.3, -0.25) is 4.79 Å². The van der Waals surface area contributed by atoms with Gasteiger partial charge in [0.15, 0.2) is 0 Å². The number of imidazole rings is 1. The van der Waals surface area contributed by atoms with E-state index in [9.17, 15) is 4.79 Å². The summed E-state index contributed by atoms with van der Waals surface area (Å²) in [4.78, 5) is 11.6. The highest BCUT2D eigenvalue weighted by atomic mass is 16.6. The second-order valence-corrected chi connectivity index (χ2v) is 4.78. The van der Waals surface area contributed by atoms with Crippen LogP contribution in [0.3, 0.4) is 0 Å². The van der Waals surface area contributed by atoms with Gasteiger partial charge in [-0.2, -0.15) is 4.57 Å². The molecule has 0 aliphatic heterocycles. The van der Waals surface area contributed by atoms with Gasteiger partial charge >= 0.3 is 5.97 Å². The number of carbonyl (C=O) groups excluding carboxylic acids is 1. The maximum absolute atomic E-state index is 11.6. The predicted octanol–water partition coefficient (Wildman–Crippen LogP) is 2.73. The molecule has 1 aromatic heterocycles. The number of nitrogens with zero attached hydrogens (tertiary/aromatic N) is 2. The van der Waals surface area contributed by atoms with E-state index in [1.54, 1.807) is 0 Å². The summed E-state index contributed by atoms with van der Waals surface area (Å²) < 4.78 is 9.18. The zero-order valence-corrected chi connectivity index (χ0v) is 11.8. The molecule has 4 heteroatoms. The first-order chi connectivity index (χ1) is 8.63. The number of aromatic nitrogens is 2. The fourth-order valence-corrected chi connectivity index (χ4v) is 1.87. The van der Waals surface area contributed by atoms with Gasteiger partial charge < -0.3 is 4.74 Å². The predicted molar refractivity (Wildman–Crippen MR) is 69.8 cm³/mol. The number of esters is 1. The first-order valence-corrected chi connectivity index (χ1v) is 6.85. The number of hydrogen-bond donors (Lipinski definition) is 0. The molecule has 1 heterocycles. The summed E-state index contributed by atoms with van der Waals surface area (Å²) in [6.45, 7) is 4.07. The number of aryl methyl sites for hydroxylation is 1. The molecule has 0 aromatic carbocycles. The molecule has 0 saturated carbocycles. The Balaban J connectivity index is 2.19. The summed E-state index contributed by atoms with van der Waals surface area (Å²) >= 11 is 0. The smallest absolute Gasteiger partial charge is 0.309 e. The molecule has 1 atom stereocenters. The van der Waals surface area contributed by atoms with Crippen LogP contribution in [0.1, 0.15) is 58.6 Å². The van der Waals surface area contributed by atoms with E-state index in [0.29, 0.717) is 6.42 Å². The molecule has 0 bridgehead atoms. The van der Waals surface area contributed by atoms with Crippen molar-refractivity contribution >= 4 is 5.97 Å². The maximum atomic E-state index is 11.6. The molecule has 4 nitrogen and oxygen atoms in total. The number of unbranched alkanes of at least 4 members (excludes halogenated alkanes) is 4. The lowest BCUT2D eigenvalue weighted by atomic mass is 10.1. The van der Waals surface area contributed by atoms with Crippen LogP contribution in [0.15, 0.2) is 18.7 Å². The summed E-state index contributed by atoms with van der Waals surface area (Å²) in [6, 6.07) is 0. The molecule has 0 radical (unpaired) electrons. The average molecular weight is 253 g/mol. The van der Waals surface area contributed by atoms with Crippen molar-refractivity contribution in [2.75, 3.05) is 0 Å². The Bertz CT molecular complexity index is 360. The van der Waals surface area contributed by atoms with Crippen LogP contribution in [-0.2, 0) is 16.6 Å². The van der Waals surface area contributed by atoms with E-state index in [1.165, 1.54) is 19.3 Å². The quantitative estimate of drug-likeness (QED) is 0.405. The number of ether oxygens (including phenoxy) is 1. The van der Waals surface area contributed by atoms with Crippen LogP contribution in [0.4, 0.5) is 0 Å². The Morgan fingerprint density at radius 3 is 2.67 bits per heavy atom. The van der Waals surface area contributed by atoms with Crippen LogP contribution in [0.5, 0.6) is 0 Å². The van der Waals surface area contributed by atoms with Gasteiger partial charge in [0.05, 0.1) is 7.05 Å². The molecular formula is C14H25N2O2+. The van der Waals surface area contributed by atoms with Crippen LogP contribution in [0.25, 0.3) is 0 Å². The lowest BCUT2D eigenvalue weighted by Crippen LogP contribution is -2.24. The Morgan fingerprint density at radius 2 is 2.06 bits per heavy atom.